The van der Waals surface area contributed by atoms with Gasteiger partial charge in [-0.15, -0.1) is 0 Å². The van der Waals surface area contributed by atoms with Gasteiger partial charge in [0.25, 0.3) is 0 Å². The van der Waals surface area contributed by atoms with Gasteiger partial charge < -0.3 is 4.74 Å². The van der Waals surface area contributed by atoms with Gasteiger partial charge in [-0.2, -0.15) is 0 Å². The highest BCUT2D eigenvalue weighted by Gasteiger charge is 2.22. The number of morpholine rings is 1. The van der Waals surface area contributed by atoms with E-state index < -0.39 is 0 Å². The van der Waals surface area contributed by atoms with Gasteiger partial charge in [-0.25, -0.2) is 0 Å². The molecular formula is C23H21NO. The first-order valence-corrected chi connectivity index (χ1v) is 8.78. The van der Waals surface area contributed by atoms with E-state index in [4.69, 9.17) is 4.74 Å². The number of hydrogen-bond donors (Lipinski definition) is 0. The molecule has 0 N–H and O–H groups in total. The van der Waals surface area contributed by atoms with Crippen molar-refractivity contribution in [3.05, 3.63) is 83.9 Å². The lowest BCUT2D eigenvalue weighted by Crippen LogP contribution is -2.38. The zero-order valence-electron chi connectivity index (χ0n) is 14.2. The molecule has 0 aliphatic carbocycles. The SMILES string of the molecule is C(#CC(c1cccc2ccccc12)N1CCOCC1)c1ccccc1. The fourth-order valence-corrected chi connectivity index (χ4v) is 3.36. The summed E-state index contributed by atoms with van der Waals surface area (Å²) in [4.78, 5) is 2.43. The van der Waals surface area contributed by atoms with Gasteiger partial charge >= 0.3 is 0 Å². The molecule has 3 aromatic rings. The number of benzene rings is 3. The first kappa shape index (κ1) is 15.9. The van der Waals surface area contributed by atoms with Crippen LogP contribution in [0.2, 0.25) is 0 Å². The van der Waals surface area contributed by atoms with E-state index >= 15 is 0 Å². The average molecular weight is 327 g/mol. The van der Waals surface area contributed by atoms with Crippen LogP contribution in [0.1, 0.15) is 17.2 Å². The molecule has 0 radical (unpaired) electrons. The molecule has 124 valence electrons. The maximum Gasteiger partial charge on any atom is 0.0982 e. The maximum absolute atomic E-state index is 5.55. The maximum atomic E-state index is 5.55. The van der Waals surface area contributed by atoms with Crippen LogP contribution in [0, 0.1) is 11.8 Å². The number of fused-ring (bicyclic) bond motifs is 1. The largest absolute Gasteiger partial charge is 0.379 e. The van der Waals surface area contributed by atoms with E-state index in [0.717, 1.165) is 31.9 Å². The van der Waals surface area contributed by atoms with Gasteiger partial charge in [-0.05, 0) is 28.5 Å². The summed E-state index contributed by atoms with van der Waals surface area (Å²) >= 11 is 0. The molecule has 4 rings (SSSR count). The molecule has 0 aromatic heterocycles. The molecule has 1 aliphatic rings. The van der Waals surface area contributed by atoms with E-state index in [1.165, 1.54) is 16.3 Å². The molecule has 3 aromatic carbocycles. The summed E-state index contributed by atoms with van der Waals surface area (Å²) in [6, 6.07) is 25.4. The quantitative estimate of drug-likeness (QED) is 0.652. The van der Waals surface area contributed by atoms with Gasteiger partial charge in [0.2, 0.25) is 0 Å². The summed E-state index contributed by atoms with van der Waals surface area (Å²) in [5.74, 6) is 6.91. The van der Waals surface area contributed by atoms with Crippen molar-refractivity contribution < 1.29 is 4.74 Å². The third-order valence-electron chi connectivity index (χ3n) is 4.66. The molecule has 1 heterocycles. The predicted octanol–water partition coefficient (Wildman–Crippen LogP) is 4.26. The highest BCUT2D eigenvalue weighted by molar-refractivity contribution is 5.86. The van der Waals surface area contributed by atoms with Gasteiger partial charge in [0.05, 0.1) is 19.3 Å². The minimum Gasteiger partial charge on any atom is -0.379 e. The lowest BCUT2D eigenvalue weighted by Gasteiger charge is -2.32. The molecule has 1 fully saturated rings. The summed E-state index contributed by atoms with van der Waals surface area (Å²) < 4.78 is 5.55. The summed E-state index contributed by atoms with van der Waals surface area (Å²) in [6.45, 7) is 3.37. The Morgan fingerprint density at radius 3 is 2.36 bits per heavy atom. The van der Waals surface area contributed by atoms with E-state index in [0.29, 0.717) is 0 Å². The van der Waals surface area contributed by atoms with Crippen LogP contribution in [0.5, 0.6) is 0 Å². The van der Waals surface area contributed by atoms with Crippen molar-refractivity contribution in [2.24, 2.45) is 0 Å². The molecule has 0 spiro atoms. The molecule has 1 atom stereocenters. The van der Waals surface area contributed by atoms with Gasteiger partial charge in [0, 0.05) is 18.7 Å². The predicted molar refractivity (Wildman–Crippen MR) is 102 cm³/mol. The summed E-state index contributed by atoms with van der Waals surface area (Å²) in [5.41, 5.74) is 2.34. The Morgan fingerprint density at radius 2 is 1.52 bits per heavy atom. The fourth-order valence-electron chi connectivity index (χ4n) is 3.36. The van der Waals surface area contributed by atoms with Crippen molar-refractivity contribution in [3.63, 3.8) is 0 Å². The lowest BCUT2D eigenvalue weighted by molar-refractivity contribution is 0.0272. The van der Waals surface area contributed by atoms with Gasteiger partial charge in [0.1, 0.15) is 0 Å². The first-order valence-electron chi connectivity index (χ1n) is 8.78. The van der Waals surface area contributed by atoms with Gasteiger partial charge in [0.15, 0.2) is 0 Å². The molecule has 2 heteroatoms. The van der Waals surface area contributed by atoms with Crippen molar-refractivity contribution in [2.45, 2.75) is 6.04 Å². The molecule has 1 aliphatic heterocycles. The Kier molecular flexibility index (Phi) is 4.79. The highest BCUT2D eigenvalue weighted by Crippen LogP contribution is 2.28. The van der Waals surface area contributed by atoms with Gasteiger partial charge in [-0.3, -0.25) is 4.90 Å². The second-order valence-corrected chi connectivity index (χ2v) is 6.25. The van der Waals surface area contributed by atoms with Crippen molar-refractivity contribution in [1.82, 2.24) is 4.90 Å². The van der Waals surface area contributed by atoms with Crippen molar-refractivity contribution in [2.75, 3.05) is 26.3 Å². The number of hydrogen-bond acceptors (Lipinski definition) is 2. The van der Waals surface area contributed by atoms with Crippen LogP contribution >= 0.6 is 0 Å². The number of ether oxygens (including phenoxy) is 1. The zero-order valence-corrected chi connectivity index (χ0v) is 14.2. The standard InChI is InChI=1S/C23H21NO/c1-2-7-19(8-3-1)13-14-23(24-15-17-25-18-16-24)22-12-6-10-20-9-4-5-11-21(20)22/h1-12,23H,15-18H2. The Balaban J connectivity index is 1.78. The molecule has 1 unspecified atom stereocenters. The molecule has 0 saturated carbocycles. The summed E-state index contributed by atoms with van der Waals surface area (Å²) in [7, 11) is 0. The second kappa shape index (κ2) is 7.53. The Bertz CT molecular complexity index is 896. The zero-order chi connectivity index (χ0) is 16.9. The van der Waals surface area contributed by atoms with Crippen molar-refractivity contribution >= 4 is 10.8 Å². The summed E-state index contributed by atoms with van der Waals surface area (Å²) in [6.07, 6.45) is 0. The van der Waals surface area contributed by atoms with Crippen molar-refractivity contribution in [1.29, 1.82) is 0 Å². The Hall–Kier alpha value is -2.60. The van der Waals surface area contributed by atoms with Crippen LogP contribution in [0.25, 0.3) is 10.8 Å². The normalized spacial score (nSPS) is 16.2. The van der Waals surface area contributed by atoms with Crippen LogP contribution < -0.4 is 0 Å². The van der Waals surface area contributed by atoms with Crippen LogP contribution in [-0.2, 0) is 4.74 Å². The lowest BCUT2D eigenvalue weighted by atomic mass is 9.97. The monoisotopic (exact) mass is 327 g/mol. The van der Waals surface area contributed by atoms with Gasteiger partial charge in [-0.1, -0.05) is 72.5 Å². The molecule has 0 bridgehead atoms. The molecular weight excluding hydrogens is 306 g/mol. The van der Waals surface area contributed by atoms with E-state index in [1.54, 1.807) is 0 Å². The molecule has 25 heavy (non-hydrogen) atoms. The average Bonchev–Trinajstić information content (AvgIpc) is 2.70. The first-order chi connectivity index (χ1) is 12.4. The highest BCUT2D eigenvalue weighted by atomic mass is 16.5. The van der Waals surface area contributed by atoms with Crippen molar-refractivity contribution in [3.8, 4) is 11.8 Å². The smallest absolute Gasteiger partial charge is 0.0982 e. The molecule has 0 amide bonds. The topological polar surface area (TPSA) is 12.5 Å². The van der Waals surface area contributed by atoms with Crippen LogP contribution in [-0.4, -0.2) is 31.2 Å². The fraction of sp³-hybridized carbons (Fsp3) is 0.217. The Labute approximate surface area is 149 Å². The number of rotatable bonds is 2. The molecule has 1 saturated heterocycles. The van der Waals surface area contributed by atoms with Crippen LogP contribution in [0.4, 0.5) is 0 Å². The van der Waals surface area contributed by atoms with Crippen LogP contribution in [0.15, 0.2) is 72.8 Å². The third-order valence-corrected chi connectivity index (χ3v) is 4.66. The third kappa shape index (κ3) is 3.58. The molecule has 2 nitrogen and oxygen atoms in total. The van der Waals surface area contributed by atoms with Crippen LogP contribution in [0.3, 0.4) is 0 Å². The summed E-state index contributed by atoms with van der Waals surface area (Å²) in [5, 5.41) is 2.55. The number of nitrogens with zero attached hydrogens (tertiary/aromatic N) is 1. The Morgan fingerprint density at radius 1 is 0.800 bits per heavy atom. The minimum atomic E-state index is 0.0789. The van der Waals surface area contributed by atoms with E-state index in [-0.39, 0.29) is 6.04 Å². The second-order valence-electron chi connectivity index (χ2n) is 6.25. The van der Waals surface area contributed by atoms with E-state index in [2.05, 4.69) is 71.3 Å². The van der Waals surface area contributed by atoms with E-state index in [9.17, 15) is 0 Å². The van der Waals surface area contributed by atoms with E-state index in [1.807, 2.05) is 18.2 Å². The minimum absolute atomic E-state index is 0.0789.